The first-order valence-electron chi connectivity index (χ1n) is 3.71. The summed E-state index contributed by atoms with van der Waals surface area (Å²) >= 11 is 0. The predicted molar refractivity (Wildman–Crippen MR) is 39.4 cm³/mol. The highest BCUT2D eigenvalue weighted by atomic mass is 19.4. The molecule has 0 heterocycles. The molecule has 0 aliphatic carbocycles. The molecule has 0 saturated heterocycles. The van der Waals surface area contributed by atoms with Gasteiger partial charge in [0.05, 0.1) is 0 Å². The van der Waals surface area contributed by atoms with Gasteiger partial charge in [-0.1, -0.05) is 19.3 Å². The van der Waals surface area contributed by atoms with Gasteiger partial charge in [-0.3, -0.25) is 0 Å². The molecule has 1 nitrogen and oxygen atoms in total. The number of halogens is 3. The van der Waals surface area contributed by atoms with Crippen LogP contribution in [0.2, 0.25) is 0 Å². The smallest absolute Gasteiger partial charge is 0.372 e. The van der Waals surface area contributed by atoms with E-state index in [0.717, 1.165) is 12.8 Å². The fraction of sp³-hybridized carbons (Fsp3) is 0.750. The number of hydrogen-bond acceptors (Lipinski definition) is 1. The SMILES string of the molecule is CCCCC#C[C@H](O)C(F)(F)F. The fourth-order valence-electron chi connectivity index (χ4n) is 0.516. The Hall–Kier alpha value is -0.690. The van der Waals surface area contributed by atoms with Crippen LogP contribution in [0, 0.1) is 11.8 Å². The number of aliphatic hydroxyl groups excluding tert-OH is 1. The lowest BCUT2D eigenvalue weighted by molar-refractivity contribution is -0.184. The Morgan fingerprint density at radius 2 is 2.00 bits per heavy atom. The van der Waals surface area contributed by atoms with Crippen molar-refractivity contribution in [3.05, 3.63) is 0 Å². The normalized spacial score (nSPS) is 13.4. The molecular weight excluding hydrogens is 169 g/mol. The molecule has 0 aromatic rings. The van der Waals surface area contributed by atoms with Crippen LogP contribution >= 0.6 is 0 Å². The van der Waals surface area contributed by atoms with E-state index in [-0.39, 0.29) is 0 Å². The lowest BCUT2D eigenvalue weighted by Crippen LogP contribution is -2.26. The Bertz CT molecular complexity index is 175. The van der Waals surface area contributed by atoms with Crippen LogP contribution in [-0.2, 0) is 0 Å². The second-order valence-corrected chi connectivity index (χ2v) is 2.37. The van der Waals surface area contributed by atoms with Crippen molar-refractivity contribution in [2.75, 3.05) is 0 Å². The molecule has 0 rings (SSSR count). The van der Waals surface area contributed by atoms with Crippen molar-refractivity contribution in [1.82, 2.24) is 0 Å². The van der Waals surface area contributed by atoms with Gasteiger partial charge in [0.25, 0.3) is 0 Å². The minimum atomic E-state index is -4.61. The van der Waals surface area contributed by atoms with Crippen molar-refractivity contribution < 1.29 is 18.3 Å². The quantitative estimate of drug-likeness (QED) is 0.509. The molecule has 0 spiro atoms. The summed E-state index contributed by atoms with van der Waals surface area (Å²) in [5, 5.41) is 8.39. The Kier molecular flexibility index (Phi) is 4.75. The fourth-order valence-corrected chi connectivity index (χ4v) is 0.516. The molecule has 0 fully saturated rings. The molecule has 4 heteroatoms. The van der Waals surface area contributed by atoms with Crippen molar-refractivity contribution in [2.24, 2.45) is 0 Å². The molecule has 0 aliphatic rings. The summed E-state index contributed by atoms with van der Waals surface area (Å²) in [6.45, 7) is 1.92. The van der Waals surface area contributed by atoms with E-state index in [1.54, 1.807) is 5.92 Å². The van der Waals surface area contributed by atoms with Crippen LogP contribution in [0.1, 0.15) is 26.2 Å². The first-order valence-corrected chi connectivity index (χ1v) is 3.71. The average Bonchev–Trinajstić information content (AvgIpc) is 1.96. The molecule has 0 radical (unpaired) electrons. The second-order valence-electron chi connectivity index (χ2n) is 2.37. The number of unbranched alkanes of at least 4 members (excludes halogenated alkanes) is 2. The van der Waals surface area contributed by atoms with E-state index in [4.69, 9.17) is 5.11 Å². The molecule has 0 bridgehead atoms. The van der Waals surface area contributed by atoms with Crippen molar-refractivity contribution in [2.45, 2.75) is 38.5 Å². The summed E-state index contributed by atoms with van der Waals surface area (Å²) in [5.74, 6) is 4.01. The predicted octanol–water partition coefficient (Wildman–Crippen LogP) is 2.10. The van der Waals surface area contributed by atoms with Crippen molar-refractivity contribution in [3.8, 4) is 11.8 Å². The monoisotopic (exact) mass is 180 g/mol. The minimum absolute atomic E-state index is 0.406. The van der Waals surface area contributed by atoms with Gasteiger partial charge in [-0.25, -0.2) is 0 Å². The van der Waals surface area contributed by atoms with Crippen LogP contribution in [0.4, 0.5) is 13.2 Å². The molecule has 0 saturated carbocycles. The van der Waals surface area contributed by atoms with E-state index in [1.807, 2.05) is 6.92 Å². The number of rotatable bonds is 2. The Morgan fingerprint density at radius 1 is 1.42 bits per heavy atom. The Morgan fingerprint density at radius 3 is 2.42 bits per heavy atom. The van der Waals surface area contributed by atoms with Gasteiger partial charge in [0.2, 0.25) is 6.10 Å². The molecule has 0 aliphatic heterocycles. The highest BCUT2D eigenvalue weighted by Crippen LogP contribution is 2.18. The average molecular weight is 180 g/mol. The molecule has 0 aromatic carbocycles. The van der Waals surface area contributed by atoms with E-state index >= 15 is 0 Å². The van der Waals surface area contributed by atoms with Crippen molar-refractivity contribution in [1.29, 1.82) is 0 Å². The summed E-state index contributed by atoms with van der Waals surface area (Å²) in [6, 6.07) is 0. The zero-order valence-corrected chi connectivity index (χ0v) is 6.78. The zero-order valence-electron chi connectivity index (χ0n) is 6.78. The third-order valence-electron chi connectivity index (χ3n) is 1.20. The summed E-state index contributed by atoms with van der Waals surface area (Å²) < 4.78 is 34.8. The van der Waals surface area contributed by atoms with Crippen molar-refractivity contribution >= 4 is 0 Å². The van der Waals surface area contributed by atoms with Gasteiger partial charge in [0.1, 0.15) is 0 Å². The zero-order chi connectivity index (χ0) is 9.61. The standard InChI is InChI=1S/C8H11F3O/c1-2-3-4-5-6-7(12)8(9,10)11/h7,12H,2-4H2,1H3/t7-/m0/s1. The summed E-state index contributed by atoms with van der Waals surface area (Å²) in [7, 11) is 0. The van der Waals surface area contributed by atoms with Crippen LogP contribution in [0.3, 0.4) is 0 Å². The molecule has 0 aromatic heterocycles. The lowest BCUT2D eigenvalue weighted by atomic mass is 10.2. The molecule has 1 atom stereocenters. The van der Waals surface area contributed by atoms with Crippen LogP contribution in [0.15, 0.2) is 0 Å². The van der Waals surface area contributed by atoms with E-state index < -0.39 is 12.3 Å². The van der Waals surface area contributed by atoms with Gasteiger partial charge < -0.3 is 5.11 Å². The van der Waals surface area contributed by atoms with Crippen LogP contribution in [-0.4, -0.2) is 17.4 Å². The number of hydrogen-bond donors (Lipinski definition) is 1. The largest absolute Gasteiger partial charge is 0.425 e. The van der Waals surface area contributed by atoms with E-state index in [2.05, 4.69) is 5.92 Å². The molecule has 0 unspecified atom stereocenters. The molecule has 70 valence electrons. The van der Waals surface area contributed by atoms with Gasteiger partial charge in [-0.15, -0.1) is 5.92 Å². The summed E-state index contributed by atoms with van der Waals surface area (Å²) in [6.07, 6.45) is -5.05. The summed E-state index contributed by atoms with van der Waals surface area (Å²) in [4.78, 5) is 0. The first kappa shape index (κ1) is 11.3. The number of aliphatic hydroxyl groups is 1. The Labute approximate surface area is 69.6 Å². The molecule has 1 N–H and O–H groups in total. The van der Waals surface area contributed by atoms with Crippen LogP contribution in [0.5, 0.6) is 0 Å². The van der Waals surface area contributed by atoms with Gasteiger partial charge in [0, 0.05) is 6.42 Å². The minimum Gasteiger partial charge on any atom is -0.372 e. The number of alkyl halides is 3. The Balaban J connectivity index is 3.79. The van der Waals surface area contributed by atoms with Gasteiger partial charge in [-0.05, 0) is 6.42 Å². The van der Waals surface area contributed by atoms with Crippen LogP contribution in [0.25, 0.3) is 0 Å². The van der Waals surface area contributed by atoms with E-state index in [0.29, 0.717) is 6.42 Å². The van der Waals surface area contributed by atoms with E-state index in [1.165, 1.54) is 0 Å². The van der Waals surface area contributed by atoms with Crippen molar-refractivity contribution in [3.63, 3.8) is 0 Å². The third-order valence-corrected chi connectivity index (χ3v) is 1.20. The molecular formula is C8H11F3O. The molecule has 12 heavy (non-hydrogen) atoms. The van der Waals surface area contributed by atoms with Gasteiger partial charge in [-0.2, -0.15) is 13.2 Å². The highest BCUT2D eigenvalue weighted by molar-refractivity contribution is 5.06. The lowest BCUT2D eigenvalue weighted by Gasteiger charge is -2.06. The summed E-state index contributed by atoms with van der Waals surface area (Å²) in [5.41, 5.74) is 0. The topological polar surface area (TPSA) is 20.2 Å². The van der Waals surface area contributed by atoms with Gasteiger partial charge in [0.15, 0.2) is 0 Å². The third kappa shape index (κ3) is 5.03. The van der Waals surface area contributed by atoms with E-state index in [9.17, 15) is 13.2 Å². The highest BCUT2D eigenvalue weighted by Gasteiger charge is 2.36. The molecule has 0 amide bonds. The maximum atomic E-state index is 11.6. The second kappa shape index (κ2) is 5.04. The first-order chi connectivity index (χ1) is 5.48. The van der Waals surface area contributed by atoms with Crippen LogP contribution < -0.4 is 0 Å². The van der Waals surface area contributed by atoms with Gasteiger partial charge >= 0.3 is 6.18 Å². The maximum absolute atomic E-state index is 11.6. The maximum Gasteiger partial charge on any atom is 0.425 e.